The van der Waals surface area contributed by atoms with Crippen molar-refractivity contribution in [3.05, 3.63) is 58.3 Å². The summed E-state index contributed by atoms with van der Waals surface area (Å²) in [6.07, 6.45) is 3.08. The molecule has 1 aromatic carbocycles. The average molecular weight is 420 g/mol. The van der Waals surface area contributed by atoms with E-state index in [1.165, 1.54) is 26.5 Å². The van der Waals surface area contributed by atoms with Crippen LogP contribution in [0.4, 0.5) is 5.69 Å². The zero-order valence-corrected chi connectivity index (χ0v) is 16.4. The average Bonchev–Trinajstić information content (AvgIpc) is 2.72. The molecule has 0 bridgehead atoms. The molecule has 0 amide bonds. The summed E-state index contributed by atoms with van der Waals surface area (Å²) in [5.41, 5.74) is 3.82. The van der Waals surface area contributed by atoms with E-state index in [1.807, 2.05) is 0 Å². The number of nitrogens with one attached hydrogen (secondary N) is 1. The first-order valence-corrected chi connectivity index (χ1v) is 8.69. The van der Waals surface area contributed by atoms with Gasteiger partial charge < -0.3 is 14.2 Å². The van der Waals surface area contributed by atoms with E-state index in [2.05, 4.69) is 25.5 Å². The number of benzene rings is 1. The lowest BCUT2D eigenvalue weighted by atomic mass is 10.3. The minimum absolute atomic E-state index is 0.0460. The van der Waals surface area contributed by atoms with Crippen molar-refractivity contribution >= 4 is 35.1 Å². The minimum atomic E-state index is 0.0460. The van der Waals surface area contributed by atoms with Crippen molar-refractivity contribution in [1.29, 1.82) is 0 Å². The number of hydrazone groups is 1. The van der Waals surface area contributed by atoms with Gasteiger partial charge in [0.1, 0.15) is 5.69 Å². The SMILES string of the molecule is COc1cc(OC)nc(Oc2cccnc2C=NNc2cccc(Cl)c2Cl)n1. The molecule has 2 aromatic heterocycles. The van der Waals surface area contributed by atoms with Crippen LogP contribution in [-0.4, -0.2) is 35.4 Å². The molecule has 0 radical (unpaired) electrons. The number of ether oxygens (including phenoxy) is 3. The summed E-state index contributed by atoms with van der Waals surface area (Å²) in [4.78, 5) is 12.5. The molecule has 1 N–H and O–H groups in total. The van der Waals surface area contributed by atoms with Gasteiger partial charge in [0.2, 0.25) is 11.8 Å². The summed E-state index contributed by atoms with van der Waals surface area (Å²) in [7, 11) is 2.97. The maximum Gasteiger partial charge on any atom is 0.328 e. The van der Waals surface area contributed by atoms with Gasteiger partial charge in [-0.3, -0.25) is 10.4 Å². The normalized spacial score (nSPS) is 10.7. The smallest absolute Gasteiger partial charge is 0.328 e. The fourth-order valence-electron chi connectivity index (χ4n) is 2.08. The molecule has 0 atom stereocenters. The highest BCUT2D eigenvalue weighted by atomic mass is 35.5. The summed E-state index contributed by atoms with van der Waals surface area (Å²) in [6.45, 7) is 0. The van der Waals surface area contributed by atoms with Crippen LogP contribution in [0.15, 0.2) is 47.7 Å². The molecule has 10 heteroatoms. The molecule has 0 aliphatic rings. The second-order valence-electron chi connectivity index (χ2n) is 5.20. The van der Waals surface area contributed by atoms with E-state index >= 15 is 0 Å². The second kappa shape index (κ2) is 9.20. The first kappa shape index (κ1) is 19.7. The molecule has 144 valence electrons. The third-order valence-electron chi connectivity index (χ3n) is 3.40. The predicted octanol–water partition coefficient (Wildman–Crippen LogP) is 4.43. The number of methoxy groups -OCH3 is 2. The molecule has 0 spiro atoms. The summed E-state index contributed by atoms with van der Waals surface area (Å²) in [5.74, 6) is 0.997. The van der Waals surface area contributed by atoms with Gasteiger partial charge in [-0.15, -0.1) is 0 Å². The van der Waals surface area contributed by atoms with Gasteiger partial charge in [-0.25, -0.2) is 0 Å². The van der Waals surface area contributed by atoms with Crippen LogP contribution < -0.4 is 19.6 Å². The first-order valence-electron chi connectivity index (χ1n) is 7.93. The van der Waals surface area contributed by atoms with Gasteiger partial charge >= 0.3 is 6.01 Å². The Morgan fingerprint density at radius 3 is 2.50 bits per heavy atom. The lowest BCUT2D eigenvalue weighted by Gasteiger charge is -2.09. The van der Waals surface area contributed by atoms with E-state index in [0.717, 1.165) is 0 Å². The fraction of sp³-hybridized carbons (Fsp3) is 0.111. The zero-order valence-electron chi connectivity index (χ0n) is 14.9. The molecule has 3 aromatic rings. The van der Waals surface area contributed by atoms with Crippen LogP contribution >= 0.6 is 23.2 Å². The Hall–Kier alpha value is -3.10. The molecule has 0 aliphatic heterocycles. The lowest BCUT2D eigenvalue weighted by molar-refractivity contribution is 0.347. The minimum Gasteiger partial charge on any atom is -0.481 e. The number of anilines is 1. The maximum atomic E-state index is 6.12. The Kier molecular flexibility index (Phi) is 6.46. The number of halogens is 2. The van der Waals surface area contributed by atoms with Crippen molar-refractivity contribution in [3.63, 3.8) is 0 Å². The van der Waals surface area contributed by atoms with Crippen molar-refractivity contribution in [2.75, 3.05) is 19.6 Å². The van der Waals surface area contributed by atoms with E-state index in [4.69, 9.17) is 37.4 Å². The predicted molar refractivity (Wildman–Crippen MR) is 107 cm³/mol. The number of hydrogen-bond acceptors (Lipinski definition) is 8. The standard InChI is InChI=1S/C18H15Cl2N5O3/c1-26-15-9-16(27-2)24-18(23-15)28-14-7-4-8-21-13(14)10-22-25-12-6-3-5-11(19)17(12)20/h3-10,25H,1-2H3. The highest BCUT2D eigenvalue weighted by Crippen LogP contribution is 2.29. The van der Waals surface area contributed by atoms with E-state index in [9.17, 15) is 0 Å². The highest BCUT2D eigenvalue weighted by molar-refractivity contribution is 6.43. The van der Waals surface area contributed by atoms with Gasteiger partial charge in [0.05, 0.1) is 42.2 Å². The lowest BCUT2D eigenvalue weighted by Crippen LogP contribution is -2.01. The van der Waals surface area contributed by atoms with Gasteiger partial charge in [-0.05, 0) is 24.3 Å². The van der Waals surface area contributed by atoms with Crippen LogP contribution in [0.1, 0.15) is 5.69 Å². The van der Waals surface area contributed by atoms with Crippen LogP contribution in [0, 0.1) is 0 Å². The van der Waals surface area contributed by atoms with Crippen molar-refractivity contribution < 1.29 is 14.2 Å². The van der Waals surface area contributed by atoms with Gasteiger partial charge in [0.15, 0.2) is 5.75 Å². The Balaban J connectivity index is 1.81. The Morgan fingerprint density at radius 2 is 1.79 bits per heavy atom. The molecule has 0 saturated heterocycles. The number of nitrogens with zero attached hydrogens (tertiary/aromatic N) is 4. The largest absolute Gasteiger partial charge is 0.481 e. The molecule has 0 saturated carbocycles. The van der Waals surface area contributed by atoms with E-state index in [1.54, 1.807) is 36.5 Å². The second-order valence-corrected chi connectivity index (χ2v) is 5.98. The van der Waals surface area contributed by atoms with Crippen molar-refractivity contribution in [2.45, 2.75) is 0 Å². The van der Waals surface area contributed by atoms with Crippen molar-refractivity contribution in [2.24, 2.45) is 5.10 Å². The van der Waals surface area contributed by atoms with Crippen molar-refractivity contribution in [1.82, 2.24) is 15.0 Å². The maximum absolute atomic E-state index is 6.12. The number of pyridine rings is 1. The number of rotatable bonds is 7. The molecule has 8 nitrogen and oxygen atoms in total. The van der Waals surface area contributed by atoms with Crippen LogP contribution in [-0.2, 0) is 0 Å². The molecule has 0 aliphatic carbocycles. The number of hydrogen-bond donors (Lipinski definition) is 1. The zero-order chi connectivity index (χ0) is 19.9. The fourth-order valence-corrected chi connectivity index (χ4v) is 2.42. The molecular weight excluding hydrogens is 405 g/mol. The Labute approximate surface area is 171 Å². The Morgan fingerprint density at radius 1 is 1.04 bits per heavy atom. The van der Waals surface area contributed by atoms with E-state index < -0.39 is 0 Å². The summed E-state index contributed by atoms with van der Waals surface area (Å²) < 4.78 is 16.0. The summed E-state index contributed by atoms with van der Waals surface area (Å²) >= 11 is 12.1. The monoisotopic (exact) mass is 419 g/mol. The van der Waals surface area contributed by atoms with Crippen LogP contribution in [0.25, 0.3) is 0 Å². The number of aromatic nitrogens is 3. The van der Waals surface area contributed by atoms with E-state index in [-0.39, 0.29) is 6.01 Å². The Bertz CT molecular complexity index is 978. The first-order chi connectivity index (χ1) is 13.6. The molecule has 0 unspecified atom stereocenters. The van der Waals surface area contributed by atoms with E-state index in [0.29, 0.717) is 38.9 Å². The van der Waals surface area contributed by atoms with Gasteiger partial charge in [-0.1, -0.05) is 29.3 Å². The molecule has 0 fully saturated rings. The molecule has 3 rings (SSSR count). The molecular formula is C18H15Cl2N5O3. The highest BCUT2D eigenvalue weighted by Gasteiger charge is 2.10. The third kappa shape index (κ3) is 4.79. The third-order valence-corrected chi connectivity index (χ3v) is 4.22. The van der Waals surface area contributed by atoms with Crippen LogP contribution in [0.3, 0.4) is 0 Å². The summed E-state index contributed by atoms with van der Waals surface area (Å²) in [5, 5.41) is 4.93. The van der Waals surface area contributed by atoms with Crippen LogP contribution in [0.5, 0.6) is 23.5 Å². The van der Waals surface area contributed by atoms with Crippen molar-refractivity contribution in [3.8, 4) is 23.5 Å². The molecule has 28 heavy (non-hydrogen) atoms. The van der Waals surface area contributed by atoms with Gasteiger partial charge in [0, 0.05) is 6.20 Å². The quantitative estimate of drug-likeness (QED) is 0.447. The molecule has 2 heterocycles. The van der Waals surface area contributed by atoms with Crippen LogP contribution in [0.2, 0.25) is 10.0 Å². The van der Waals surface area contributed by atoms with Gasteiger partial charge in [0.25, 0.3) is 0 Å². The topological polar surface area (TPSA) is 90.8 Å². The van der Waals surface area contributed by atoms with Gasteiger partial charge in [-0.2, -0.15) is 15.1 Å². The summed E-state index contributed by atoms with van der Waals surface area (Å²) in [6, 6.07) is 10.2.